The first-order valence-electron chi connectivity index (χ1n) is 7.15. The van der Waals surface area contributed by atoms with Crippen molar-refractivity contribution in [2.45, 2.75) is 24.7 Å². The molecule has 0 bridgehead atoms. The highest BCUT2D eigenvalue weighted by Gasteiger charge is 2.13. The predicted molar refractivity (Wildman–Crippen MR) is 93.6 cm³/mol. The molecular weight excluding hydrogens is 326 g/mol. The molecule has 112 valence electrons. The maximum atomic E-state index is 5.44. The fourth-order valence-electron chi connectivity index (χ4n) is 2.40. The SMILES string of the molecule is COc1ccccc1CC(C)N(C)c1ccc(CBr)cc1. The highest BCUT2D eigenvalue weighted by molar-refractivity contribution is 9.08. The van der Waals surface area contributed by atoms with E-state index in [1.807, 2.05) is 12.1 Å². The Kier molecular flexibility index (Phi) is 5.68. The maximum absolute atomic E-state index is 5.44. The number of anilines is 1. The van der Waals surface area contributed by atoms with Crippen LogP contribution in [0.5, 0.6) is 5.75 Å². The van der Waals surface area contributed by atoms with E-state index < -0.39 is 0 Å². The van der Waals surface area contributed by atoms with Gasteiger partial charge in [0.1, 0.15) is 5.75 Å². The first-order chi connectivity index (χ1) is 10.2. The summed E-state index contributed by atoms with van der Waals surface area (Å²) in [5, 5.41) is 0.897. The highest BCUT2D eigenvalue weighted by atomic mass is 79.9. The van der Waals surface area contributed by atoms with E-state index in [1.165, 1.54) is 16.8 Å². The highest BCUT2D eigenvalue weighted by Crippen LogP contribution is 2.23. The van der Waals surface area contributed by atoms with Crippen molar-refractivity contribution in [3.8, 4) is 5.75 Å². The van der Waals surface area contributed by atoms with Crippen molar-refractivity contribution in [1.29, 1.82) is 0 Å². The van der Waals surface area contributed by atoms with Gasteiger partial charge < -0.3 is 9.64 Å². The number of alkyl halides is 1. The first-order valence-corrected chi connectivity index (χ1v) is 8.27. The topological polar surface area (TPSA) is 12.5 Å². The second-order valence-electron chi connectivity index (χ2n) is 5.28. The van der Waals surface area contributed by atoms with E-state index in [9.17, 15) is 0 Å². The molecule has 0 spiro atoms. The Bertz CT molecular complexity index is 568. The third-order valence-electron chi connectivity index (χ3n) is 3.87. The van der Waals surface area contributed by atoms with E-state index in [4.69, 9.17) is 4.74 Å². The van der Waals surface area contributed by atoms with Crippen LogP contribution in [0.3, 0.4) is 0 Å². The van der Waals surface area contributed by atoms with E-state index in [-0.39, 0.29) is 0 Å². The molecule has 0 saturated heterocycles. The van der Waals surface area contributed by atoms with Crippen LogP contribution in [0.2, 0.25) is 0 Å². The summed E-state index contributed by atoms with van der Waals surface area (Å²) in [4.78, 5) is 2.31. The van der Waals surface area contributed by atoms with Crippen LogP contribution in [0, 0.1) is 0 Å². The second-order valence-corrected chi connectivity index (χ2v) is 5.84. The number of nitrogens with zero attached hydrogens (tertiary/aromatic N) is 1. The van der Waals surface area contributed by atoms with Crippen LogP contribution in [-0.4, -0.2) is 20.2 Å². The number of ether oxygens (including phenoxy) is 1. The third-order valence-corrected chi connectivity index (χ3v) is 4.51. The van der Waals surface area contributed by atoms with Gasteiger partial charge in [0.25, 0.3) is 0 Å². The smallest absolute Gasteiger partial charge is 0.122 e. The number of benzene rings is 2. The van der Waals surface area contributed by atoms with Gasteiger partial charge in [0.05, 0.1) is 7.11 Å². The molecule has 1 unspecified atom stereocenters. The number of methoxy groups -OCH3 is 1. The van der Waals surface area contributed by atoms with Crippen LogP contribution in [-0.2, 0) is 11.8 Å². The molecule has 0 aliphatic carbocycles. The second kappa shape index (κ2) is 7.51. The van der Waals surface area contributed by atoms with Crippen molar-refractivity contribution in [2.24, 2.45) is 0 Å². The molecule has 0 aliphatic rings. The van der Waals surface area contributed by atoms with E-state index >= 15 is 0 Å². The molecule has 2 aromatic rings. The summed E-state index contributed by atoms with van der Waals surface area (Å²) < 4.78 is 5.44. The minimum absolute atomic E-state index is 0.399. The minimum Gasteiger partial charge on any atom is -0.496 e. The Morgan fingerprint density at radius 3 is 2.38 bits per heavy atom. The van der Waals surface area contributed by atoms with Gasteiger partial charge in [0, 0.05) is 24.1 Å². The van der Waals surface area contributed by atoms with Crippen molar-refractivity contribution in [3.05, 3.63) is 59.7 Å². The summed E-state index contributed by atoms with van der Waals surface area (Å²) in [7, 11) is 3.87. The summed E-state index contributed by atoms with van der Waals surface area (Å²) >= 11 is 3.48. The van der Waals surface area contributed by atoms with Crippen LogP contribution >= 0.6 is 15.9 Å². The van der Waals surface area contributed by atoms with Gasteiger partial charge in [-0.25, -0.2) is 0 Å². The summed E-state index contributed by atoms with van der Waals surface area (Å²) in [5.74, 6) is 0.965. The monoisotopic (exact) mass is 347 g/mol. The third kappa shape index (κ3) is 4.01. The van der Waals surface area contributed by atoms with Gasteiger partial charge in [-0.05, 0) is 42.7 Å². The summed E-state index contributed by atoms with van der Waals surface area (Å²) in [6.45, 7) is 2.24. The van der Waals surface area contributed by atoms with Gasteiger partial charge in [-0.1, -0.05) is 46.3 Å². The lowest BCUT2D eigenvalue weighted by Crippen LogP contribution is -2.30. The lowest BCUT2D eigenvalue weighted by atomic mass is 10.0. The number of halogens is 1. The van der Waals surface area contributed by atoms with Crippen molar-refractivity contribution in [3.63, 3.8) is 0 Å². The largest absolute Gasteiger partial charge is 0.496 e. The molecule has 0 amide bonds. The minimum atomic E-state index is 0.399. The molecule has 2 rings (SSSR count). The lowest BCUT2D eigenvalue weighted by molar-refractivity contribution is 0.408. The van der Waals surface area contributed by atoms with Gasteiger partial charge in [0.15, 0.2) is 0 Å². The van der Waals surface area contributed by atoms with Crippen LogP contribution in [0.15, 0.2) is 48.5 Å². The molecule has 2 nitrogen and oxygen atoms in total. The normalized spacial score (nSPS) is 12.0. The number of likely N-dealkylation sites (N-methyl/N-ethyl adjacent to an activating group) is 1. The molecule has 0 heterocycles. The fraction of sp³-hybridized carbons (Fsp3) is 0.333. The fourth-order valence-corrected chi connectivity index (χ4v) is 2.78. The van der Waals surface area contributed by atoms with Crippen molar-refractivity contribution >= 4 is 21.6 Å². The Morgan fingerprint density at radius 2 is 1.76 bits per heavy atom. The van der Waals surface area contributed by atoms with Crippen LogP contribution in [0.1, 0.15) is 18.1 Å². The van der Waals surface area contributed by atoms with Crippen LogP contribution < -0.4 is 9.64 Å². The zero-order valence-corrected chi connectivity index (χ0v) is 14.4. The number of hydrogen-bond acceptors (Lipinski definition) is 2. The average Bonchev–Trinajstić information content (AvgIpc) is 2.54. The summed E-state index contributed by atoms with van der Waals surface area (Å²) in [6, 6.07) is 17.3. The molecule has 0 radical (unpaired) electrons. The predicted octanol–water partition coefficient (Wildman–Crippen LogP) is 4.66. The van der Waals surface area contributed by atoms with Gasteiger partial charge >= 0.3 is 0 Å². The molecule has 0 saturated carbocycles. The average molecular weight is 348 g/mol. The molecule has 0 N–H and O–H groups in total. The van der Waals surface area contributed by atoms with Crippen molar-refractivity contribution < 1.29 is 4.74 Å². The number of para-hydroxylation sites is 1. The number of hydrogen-bond donors (Lipinski definition) is 0. The molecule has 1 atom stereocenters. The summed E-state index contributed by atoms with van der Waals surface area (Å²) in [5.41, 5.74) is 3.78. The zero-order chi connectivity index (χ0) is 15.2. The van der Waals surface area contributed by atoms with E-state index in [0.717, 1.165) is 17.5 Å². The summed E-state index contributed by atoms with van der Waals surface area (Å²) in [6.07, 6.45) is 0.959. The van der Waals surface area contributed by atoms with E-state index in [1.54, 1.807) is 7.11 Å². The Morgan fingerprint density at radius 1 is 1.10 bits per heavy atom. The molecule has 21 heavy (non-hydrogen) atoms. The first kappa shape index (κ1) is 15.9. The lowest BCUT2D eigenvalue weighted by Gasteiger charge is -2.27. The Balaban J connectivity index is 2.09. The quantitative estimate of drug-likeness (QED) is 0.704. The van der Waals surface area contributed by atoms with Gasteiger partial charge in [-0.3, -0.25) is 0 Å². The van der Waals surface area contributed by atoms with Crippen LogP contribution in [0.4, 0.5) is 5.69 Å². The van der Waals surface area contributed by atoms with Crippen LogP contribution in [0.25, 0.3) is 0 Å². The Labute approximate surface area is 135 Å². The van der Waals surface area contributed by atoms with E-state index in [2.05, 4.69) is 71.2 Å². The maximum Gasteiger partial charge on any atom is 0.122 e. The zero-order valence-electron chi connectivity index (χ0n) is 12.8. The molecule has 2 aromatic carbocycles. The Hall–Kier alpha value is -1.48. The van der Waals surface area contributed by atoms with Gasteiger partial charge in [0.2, 0.25) is 0 Å². The molecule has 0 fully saturated rings. The standard InChI is InChI=1S/C18H22BrNO/c1-14(12-16-6-4-5-7-18(16)21-3)20(2)17-10-8-15(13-19)9-11-17/h4-11,14H,12-13H2,1-3H3. The molecular formula is C18H22BrNO. The van der Waals surface area contributed by atoms with Gasteiger partial charge in [-0.2, -0.15) is 0 Å². The van der Waals surface area contributed by atoms with Crippen molar-refractivity contribution in [1.82, 2.24) is 0 Å². The molecule has 0 aliphatic heterocycles. The van der Waals surface area contributed by atoms with Crippen molar-refractivity contribution in [2.75, 3.05) is 19.1 Å². The van der Waals surface area contributed by atoms with Gasteiger partial charge in [-0.15, -0.1) is 0 Å². The molecule has 0 aromatic heterocycles. The number of rotatable bonds is 6. The van der Waals surface area contributed by atoms with E-state index in [0.29, 0.717) is 6.04 Å². The molecule has 3 heteroatoms.